The standard InChI is InChI=1S/C19H19FN2O2/c1-11-7-15(11)18-6-4-14(24-18)10-22(2)19(23)17-9-12-8-13(20)3-5-16(12)21-17/h3-6,8-9,11,15,21H,7,10H2,1-2H3/t11-,15-/m1/s1. The molecule has 2 aromatic heterocycles. The molecule has 124 valence electrons. The van der Waals surface area contributed by atoms with E-state index in [2.05, 4.69) is 11.9 Å². The zero-order valence-corrected chi connectivity index (χ0v) is 13.7. The molecule has 1 N–H and O–H groups in total. The molecule has 1 aliphatic rings. The minimum Gasteiger partial charge on any atom is -0.464 e. The summed E-state index contributed by atoms with van der Waals surface area (Å²) in [5, 5.41) is 0.690. The van der Waals surface area contributed by atoms with Gasteiger partial charge in [-0.2, -0.15) is 0 Å². The van der Waals surface area contributed by atoms with Gasteiger partial charge in [-0.1, -0.05) is 6.92 Å². The van der Waals surface area contributed by atoms with Crippen LogP contribution < -0.4 is 0 Å². The van der Waals surface area contributed by atoms with Crippen LogP contribution in [0.5, 0.6) is 0 Å². The van der Waals surface area contributed by atoms with E-state index in [1.54, 1.807) is 24.1 Å². The van der Waals surface area contributed by atoms with E-state index in [0.717, 1.165) is 17.0 Å². The third-order valence-corrected chi connectivity index (χ3v) is 4.71. The Balaban J connectivity index is 1.49. The quantitative estimate of drug-likeness (QED) is 0.777. The van der Waals surface area contributed by atoms with Crippen LogP contribution in [0.25, 0.3) is 10.9 Å². The van der Waals surface area contributed by atoms with E-state index in [1.807, 2.05) is 12.1 Å². The molecule has 0 aliphatic heterocycles. The number of aromatic nitrogens is 1. The number of aromatic amines is 1. The highest BCUT2D eigenvalue weighted by atomic mass is 19.1. The maximum atomic E-state index is 13.3. The van der Waals surface area contributed by atoms with Crippen molar-refractivity contribution in [2.24, 2.45) is 5.92 Å². The number of nitrogens with one attached hydrogen (secondary N) is 1. The largest absolute Gasteiger partial charge is 0.464 e. The van der Waals surface area contributed by atoms with Gasteiger partial charge in [-0.25, -0.2) is 4.39 Å². The van der Waals surface area contributed by atoms with Gasteiger partial charge >= 0.3 is 0 Å². The summed E-state index contributed by atoms with van der Waals surface area (Å²) in [7, 11) is 1.73. The molecule has 5 heteroatoms. The van der Waals surface area contributed by atoms with E-state index >= 15 is 0 Å². The molecular formula is C19H19FN2O2. The van der Waals surface area contributed by atoms with Gasteiger partial charge in [0.2, 0.25) is 0 Å². The average Bonchev–Trinajstić information content (AvgIpc) is 2.97. The van der Waals surface area contributed by atoms with Gasteiger partial charge in [-0.15, -0.1) is 0 Å². The summed E-state index contributed by atoms with van der Waals surface area (Å²) in [6.45, 7) is 2.62. The van der Waals surface area contributed by atoms with Gasteiger partial charge in [0.1, 0.15) is 23.0 Å². The smallest absolute Gasteiger partial charge is 0.270 e. The first-order chi connectivity index (χ1) is 11.5. The lowest BCUT2D eigenvalue weighted by Gasteiger charge is -2.14. The van der Waals surface area contributed by atoms with E-state index in [-0.39, 0.29) is 11.7 Å². The van der Waals surface area contributed by atoms with E-state index in [4.69, 9.17) is 4.42 Å². The maximum absolute atomic E-state index is 13.3. The van der Waals surface area contributed by atoms with Crippen LogP contribution in [0.3, 0.4) is 0 Å². The van der Waals surface area contributed by atoms with Crippen molar-refractivity contribution in [2.75, 3.05) is 7.05 Å². The topological polar surface area (TPSA) is 49.2 Å². The number of rotatable bonds is 4. The molecule has 0 bridgehead atoms. The summed E-state index contributed by atoms with van der Waals surface area (Å²) in [6, 6.07) is 10.0. The molecule has 2 atom stereocenters. The lowest BCUT2D eigenvalue weighted by molar-refractivity contribution is 0.0770. The number of carbonyl (C=O) groups excluding carboxylic acids is 1. The van der Waals surface area contributed by atoms with Crippen molar-refractivity contribution in [1.82, 2.24) is 9.88 Å². The number of hydrogen-bond donors (Lipinski definition) is 1. The molecule has 0 unspecified atom stereocenters. The Labute approximate surface area is 139 Å². The Morgan fingerprint density at radius 1 is 1.33 bits per heavy atom. The van der Waals surface area contributed by atoms with E-state index in [0.29, 0.717) is 29.5 Å². The van der Waals surface area contributed by atoms with Gasteiger partial charge < -0.3 is 14.3 Å². The molecule has 4 nitrogen and oxygen atoms in total. The highest BCUT2D eigenvalue weighted by Gasteiger charge is 2.36. The molecule has 0 radical (unpaired) electrons. The normalized spacial score (nSPS) is 19.6. The number of fused-ring (bicyclic) bond motifs is 1. The van der Waals surface area contributed by atoms with Crippen LogP contribution >= 0.6 is 0 Å². The van der Waals surface area contributed by atoms with Crippen LogP contribution in [0, 0.1) is 11.7 Å². The molecule has 1 fully saturated rings. The molecule has 0 spiro atoms. The van der Waals surface area contributed by atoms with Crippen molar-refractivity contribution < 1.29 is 13.6 Å². The monoisotopic (exact) mass is 326 g/mol. The molecule has 4 rings (SSSR count). The lowest BCUT2D eigenvalue weighted by Crippen LogP contribution is -2.26. The molecule has 24 heavy (non-hydrogen) atoms. The second-order valence-corrected chi connectivity index (χ2v) is 6.70. The van der Waals surface area contributed by atoms with Gasteiger partial charge in [0, 0.05) is 23.9 Å². The highest BCUT2D eigenvalue weighted by molar-refractivity contribution is 5.97. The second kappa shape index (κ2) is 5.51. The molecular weight excluding hydrogens is 307 g/mol. The number of amides is 1. The van der Waals surface area contributed by atoms with Crippen LogP contribution in [0.4, 0.5) is 4.39 Å². The Kier molecular flexibility index (Phi) is 3.44. The first-order valence-corrected chi connectivity index (χ1v) is 8.13. The molecule has 1 aliphatic carbocycles. The minimum atomic E-state index is -0.314. The van der Waals surface area contributed by atoms with Crippen molar-refractivity contribution in [1.29, 1.82) is 0 Å². The fraction of sp³-hybridized carbons (Fsp3) is 0.316. The average molecular weight is 326 g/mol. The predicted molar refractivity (Wildman–Crippen MR) is 89.3 cm³/mol. The van der Waals surface area contributed by atoms with E-state index < -0.39 is 0 Å². The van der Waals surface area contributed by atoms with Gasteiger partial charge in [-0.3, -0.25) is 4.79 Å². The predicted octanol–water partition coefficient (Wildman–Crippen LogP) is 4.30. The van der Waals surface area contributed by atoms with E-state index in [9.17, 15) is 9.18 Å². The Bertz CT molecular complexity index is 911. The van der Waals surface area contributed by atoms with Crippen molar-refractivity contribution in [3.8, 4) is 0 Å². The third kappa shape index (κ3) is 2.70. The number of nitrogens with zero attached hydrogens (tertiary/aromatic N) is 1. The summed E-state index contributed by atoms with van der Waals surface area (Å²) in [5.41, 5.74) is 1.19. The first kappa shape index (κ1) is 15.0. The summed E-state index contributed by atoms with van der Waals surface area (Å²) >= 11 is 0. The molecule has 1 aromatic carbocycles. The van der Waals surface area contributed by atoms with Gasteiger partial charge in [-0.05, 0) is 48.7 Å². The number of carbonyl (C=O) groups is 1. The highest BCUT2D eigenvalue weighted by Crippen LogP contribution is 2.47. The molecule has 0 saturated heterocycles. The van der Waals surface area contributed by atoms with Gasteiger partial charge in [0.15, 0.2) is 0 Å². The molecule has 2 heterocycles. The number of halogens is 1. The number of benzene rings is 1. The van der Waals surface area contributed by atoms with Crippen LogP contribution in [0.1, 0.15) is 41.3 Å². The van der Waals surface area contributed by atoms with Crippen molar-refractivity contribution in [3.05, 3.63) is 59.4 Å². The summed E-state index contributed by atoms with van der Waals surface area (Å²) in [4.78, 5) is 17.2. The fourth-order valence-corrected chi connectivity index (χ4v) is 3.13. The summed E-state index contributed by atoms with van der Waals surface area (Å²) < 4.78 is 19.1. The summed E-state index contributed by atoms with van der Waals surface area (Å²) in [6.07, 6.45) is 1.17. The summed E-state index contributed by atoms with van der Waals surface area (Å²) in [5.74, 6) is 2.55. The SMILES string of the molecule is C[C@@H]1C[C@H]1c1ccc(CN(C)C(=O)c2cc3cc(F)ccc3[nH]2)o1. The van der Waals surface area contributed by atoms with Crippen LogP contribution in [0.15, 0.2) is 40.8 Å². The second-order valence-electron chi connectivity index (χ2n) is 6.70. The first-order valence-electron chi connectivity index (χ1n) is 8.13. The third-order valence-electron chi connectivity index (χ3n) is 4.71. The zero-order chi connectivity index (χ0) is 16.8. The van der Waals surface area contributed by atoms with Crippen molar-refractivity contribution in [3.63, 3.8) is 0 Å². The number of hydrogen-bond acceptors (Lipinski definition) is 2. The molecule has 3 aromatic rings. The zero-order valence-electron chi connectivity index (χ0n) is 13.7. The van der Waals surface area contributed by atoms with Gasteiger partial charge in [0.05, 0.1) is 6.54 Å². The Morgan fingerprint density at radius 3 is 2.88 bits per heavy atom. The Hall–Kier alpha value is -2.56. The van der Waals surface area contributed by atoms with E-state index in [1.165, 1.54) is 18.6 Å². The van der Waals surface area contributed by atoms with Crippen molar-refractivity contribution in [2.45, 2.75) is 25.8 Å². The maximum Gasteiger partial charge on any atom is 0.270 e. The van der Waals surface area contributed by atoms with Crippen LogP contribution in [-0.2, 0) is 6.54 Å². The van der Waals surface area contributed by atoms with Gasteiger partial charge in [0.25, 0.3) is 5.91 Å². The van der Waals surface area contributed by atoms with Crippen LogP contribution in [-0.4, -0.2) is 22.8 Å². The van der Waals surface area contributed by atoms with Crippen LogP contribution in [0.2, 0.25) is 0 Å². The Morgan fingerprint density at radius 2 is 2.12 bits per heavy atom. The number of furan rings is 1. The fourth-order valence-electron chi connectivity index (χ4n) is 3.13. The lowest BCUT2D eigenvalue weighted by atomic mass is 10.2. The minimum absolute atomic E-state index is 0.149. The molecule has 1 saturated carbocycles. The molecule has 1 amide bonds. The number of H-pyrrole nitrogens is 1. The van der Waals surface area contributed by atoms with Crippen molar-refractivity contribution >= 4 is 16.8 Å².